The molecule has 208 valence electrons. The summed E-state index contributed by atoms with van der Waals surface area (Å²) in [5.41, 5.74) is 7.64. The van der Waals surface area contributed by atoms with E-state index in [-0.39, 0.29) is 6.42 Å². The molecule has 0 bridgehead atoms. The molecule has 1 aromatic heterocycles. The first-order valence-corrected chi connectivity index (χ1v) is 12.2. The molecule has 0 saturated carbocycles. The highest BCUT2D eigenvalue weighted by atomic mass is 16.4. The summed E-state index contributed by atoms with van der Waals surface area (Å²) in [6.45, 7) is 4.56. The molecule has 38 heavy (non-hydrogen) atoms. The summed E-state index contributed by atoms with van der Waals surface area (Å²) in [6, 6.07) is 1.75. The maximum atomic E-state index is 12.9. The maximum Gasteiger partial charge on any atom is 0.326 e. The number of nitrogens with one attached hydrogen (secondary N) is 4. The van der Waals surface area contributed by atoms with Crippen molar-refractivity contribution in [3.05, 3.63) is 36.0 Å². The predicted octanol–water partition coefficient (Wildman–Crippen LogP) is -0.522. The fourth-order valence-corrected chi connectivity index (χ4v) is 3.88. The van der Waals surface area contributed by atoms with Gasteiger partial charge in [0, 0.05) is 17.1 Å². The molecule has 0 radical (unpaired) electrons. The van der Waals surface area contributed by atoms with E-state index in [0.29, 0.717) is 6.42 Å². The van der Waals surface area contributed by atoms with Gasteiger partial charge in [-0.25, -0.2) is 4.79 Å². The second-order valence-corrected chi connectivity index (χ2v) is 9.27. The van der Waals surface area contributed by atoms with Gasteiger partial charge in [0.2, 0.25) is 17.7 Å². The molecule has 13 heteroatoms. The molecule has 2 aromatic rings. The lowest BCUT2D eigenvalue weighted by molar-refractivity contribution is -0.145. The Bertz CT molecular complexity index is 1160. The molecule has 0 fully saturated rings. The Labute approximate surface area is 219 Å². The van der Waals surface area contributed by atoms with Crippen molar-refractivity contribution in [3.8, 4) is 0 Å². The molecule has 0 spiro atoms. The molecular formula is C25H35N5O8. The number of hydrogen-bond acceptors (Lipinski definition) is 7. The van der Waals surface area contributed by atoms with E-state index in [2.05, 4.69) is 20.9 Å². The molecule has 0 saturated heterocycles. The molecule has 3 amide bonds. The Balaban J connectivity index is 2.13. The largest absolute Gasteiger partial charge is 0.481 e. The highest BCUT2D eigenvalue weighted by Crippen LogP contribution is 2.19. The van der Waals surface area contributed by atoms with Crippen LogP contribution in [0.2, 0.25) is 0 Å². The summed E-state index contributed by atoms with van der Waals surface area (Å²) < 4.78 is 0. The minimum atomic E-state index is -1.62. The minimum Gasteiger partial charge on any atom is -0.481 e. The zero-order valence-electron chi connectivity index (χ0n) is 21.4. The lowest BCUT2D eigenvalue weighted by Crippen LogP contribution is -2.60. The van der Waals surface area contributed by atoms with Crippen molar-refractivity contribution in [2.75, 3.05) is 0 Å². The second-order valence-electron chi connectivity index (χ2n) is 9.27. The van der Waals surface area contributed by atoms with Crippen LogP contribution < -0.4 is 21.7 Å². The third-order valence-corrected chi connectivity index (χ3v) is 6.30. The number of rotatable bonds is 14. The van der Waals surface area contributed by atoms with E-state index in [4.69, 9.17) is 5.73 Å². The Kier molecular flexibility index (Phi) is 10.8. The van der Waals surface area contributed by atoms with E-state index in [9.17, 15) is 39.3 Å². The number of aliphatic hydroxyl groups is 1. The third-order valence-electron chi connectivity index (χ3n) is 6.30. The van der Waals surface area contributed by atoms with Crippen molar-refractivity contribution in [1.29, 1.82) is 0 Å². The summed E-state index contributed by atoms with van der Waals surface area (Å²) in [6.07, 6.45) is -0.0441. The van der Waals surface area contributed by atoms with E-state index < -0.39 is 72.3 Å². The Morgan fingerprint density at radius 3 is 2.16 bits per heavy atom. The van der Waals surface area contributed by atoms with Crippen LogP contribution in [0.3, 0.4) is 0 Å². The van der Waals surface area contributed by atoms with Gasteiger partial charge < -0.3 is 42.0 Å². The van der Waals surface area contributed by atoms with Crippen LogP contribution in [0.5, 0.6) is 0 Å². The summed E-state index contributed by atoms with van der Waals surface area (Å²) in [4.78, 5) is 64.4. The predicted molar refractivity (Wildman–Crippen MR) is 137 cm³/mol. The summed E-state index contributed by atoms with van der Waals surface area (Å²) in [5, 5.41) is 36.5. The second kappa shape index (κ2) is 13.5. The highest BCUT2D eigenvalue weighted by Gasteiger charge is 2.34. The number of H-pyrrole nitrogens is 1. The van der Waals surface area contributed by atoms with Gasteiger partial charge in [-0.1, -0.05) is 38.5 Å². The monoisotopic (exact) mass is 533 g/mol. The first-order chi connectivity index (χ1) is 17.8. The number of carboxylic acids is 2. The Morgan fingerprint density at radius 2 is 1.58 bits per heavy atom. The first-order valence-electron chi connectivity index (χ1n) is 12.2. The van der Waals surface area contributed by atoms with Gasteiger partial charge in [0.15, 0.2) is 0 Å². The zero-order chi connectivity index (χ0) is 28.6. The standard InChI is InChI=1S/C25H35N5O8/c1-4-12(2)20(25(37)38)29-24(36)21(13(3)31)30-23(35)18(10-19(32)33)28-22(34)16(26)9-14-11-27-17-8-6-5-7-15(14)17/h5-8,11-13,16,18,20-21,27,31H,4,9-10,26H2,1-3H3,(H,28,34)(H,29,36)(H,30,35)(H,32,33)(H,37,38). The molecule has 2 rings (SSSR count). The summed E-state index contributed by atoms with van der Waals surface area (Å²) >= 11 is 0. The van der Waals surface area contributed by atoms with Crippen molar-refractivity contribution in [1.82, 2.24) is 20.9 Å². The average molecular weight is 534 g/mol. The van der Waals surface area contributed by atoms with Crippen LogP contribution in [0.15, 0.2) is 30.5 Å². The molecule has 1 heterocycles. The highest BCUT2D eigenvalue weighted by molar-refractivity contribution is 5.96. The van der Waals surface area contributed by atoms with Gasteiger partial charge in [-0.3, -0.25) is 19.2 Å². The van der Waals surface area contributed by atoms with Crippen molar-refractivity contribution >= 4 is 40.6 Å². The molecule has 9 N–H and O–H groups in total. The number of fused-ring (bicyclic) bond motifs is 1. The Morgan fingerprint density at radius 1 is 0.947 bits per heavy atom. The van der Waals surface area contributed by atoms with Crippen LogP contribution in [0.25, 0.3) is 10.9 Å². The van der Waals surface area contributed by atoms with Gasteiger partial charge in [-0.2, -0.15) is 0 Å². The van der Waals surface area contributed by atoms with Gasteiger partial charge >= 0.3 is 11.9 Å². The topological polar surface area (TPSA) is 224 Å². The number of hydrogen-bond donors (Lipinski definition) is 8. The van der Waals surface area contributed by atoms with Crippen molar-refractivity contribution in [3.63, 3.8) is 0 Å². The number of aromatic nitrogens is 1. The lowest BCUT2D eigenvalue weighted by atomic mass is 9.98. The van der Waals surface area contributed by atoms with Crippen LogP contribution in [0.4, 0.5) is 0 Å². The van der Waals surface area contributed by atoms with Crippen LogP contribution in [0.1, 0.15) is 39.2 Å². The molecular weight excluding hydrogens is 498 g/mol. The smallest absolute Gasteiger partial charge is 0.326 e. The number of carbonyl (C=O) groups excluding carboxylic acids is 3. The van der Waals surface area contributed by atoms with E-state index in [0.717, 1.165) is 16.5 Å². The molecule has 6 unspecified atom stereocenters. The molecule has 1 aromatic carbocycles. The van der Waals surface area contributed by atoms with E-state index in [1.54, 1.807) is 20.0 Å². The number of amides is 3. The number of carboxylic acid groups (broad SMARTS) is 2. The molecule has 13 nitrogen and oxygen atoms in total. The van der Waals surface area contributed by atoms with Gasteiger partial charge in [0.1, 0.15) is 18.1 Å². The quantitative estimate of drug-likeness (QED) is 0.156. The van der Waals surface area contributed by atoms with Crippen LogP contribution in [0, 0.1) is 5.92 Å². The van der Waals surface area contributed by atoms with Crippen LogP contribution in [-0.2, 0) is 30.4 Å². The van der Waals surface area contributed by atoms with Gasteiger partial charge in [-0.05, 0) is 30.9 Å². The van der Waals surface area contributed by atoms with Crippen molar-refractivity contribution in [2.45, 2.75) is 70.3 Å². The fourth-order valence-electron chi connectivity index (χ4n) is 3.88. The fraction of sp³-hybridized carbons (Fsp3) is 0.480. The summed E-state index contributed by atoms with van der Waals surface area (Å²) in [7, 11) is 0. The SMILES string of the molecule is CCC(C)C(NC(=O)C(NC(=O)C(CC(=O)O)NC(=O)C(N)Cc1c[nH]c2ccccc12)C(C)O)C(=O)O. The Hall–Kier alpha value is -3.97. The van der Waals surface area contributed by atoms with Crippen LogP contribution in [-0.4, -0.2) is 80.2 Å². The zero-order valence-corrected chi connectivity index (χ0v) is 21.4. The number of benzene rings is 1. The number of carbonyl (C=O) groups is 5. The molecule has 0 aliphatic carbocycles. The van der Waals surface area contributed by atoms with E-state index in [1.807, 2.05) is 24.3 Å². The maximum absolute atomic E-state index is 12.9. The minimum absolute atomic E-state index is 0.0994. The normalized spacial score (nSPS) is 15.9. The number of para-hydroxylation sites is 1. The number of nitrogens with two attached hydrogens (primary N) is 1. The van der Waals surface area contributed by atoms with E-state index >= 15 is 0 Å². The van der Waals surface area contributed by atoms with Crippen molar-refractivity contribution < 1.29 is 39.3 Å². The van der Waals surface area contributed by atoms with Gasteiger partial charge in [0.25, 0.3) is 0 Å². The lowest BCUT2D eigenvalue weighted by Gasteiger charge is -2.27. The van der Waals surface area contributed by atoms with Gasteiger partial charge in [0.05, 0.1) is 18.6 Å². The number of aromatic amines is 1. The third kappa shape index (κ3) is 8.02. The van der Waals surface area contributed by atoms with E-state index in [1.165, 1.54) is 6.92 Å². The molecule has 0 aliphatic heterocycles. The molecule has 0 aliphatic rings. The van der Waals surface area contributed by atoms with Crippen LogP contribution >= 0.6 is 0 Å². The van der Waals surface area contributed by atoms with Crippen molar-refractivity contribution in [2.24, 2.45) is 11.7 Å². The number of aliphatic hydroxyl groups excluding tert-OH is 1. The number of aliphatic carboxylic acids is 2. The first kappa shape index (κ1) is 30.3. The average Bonchev–Trinajstić information content (AvgIpc) is 3.26. The summed E-state index contributed by atoms with van der Waals surface area (Å²) in [5.74, 6) is -5.97. The van der Waals surface area contributed by atoms with Gasteiger partial charge in [-0.15, -0.1) is 0 Å². The molecule has 6 atom stereocenters.